The predicted octanol–water partition coefficient (Wildman–Crippen LogP) is 2.51. The summed E-state index contributed by atoms with van der Waals surface area (Å²) in [5, 5.41) is 0. The fourth-order valence-corrected chi connectivity index (χ4v) is 1.63. The monoisotopic (exact) mass is 393 g/mol. The van der Waals surface area contributed by atoms with E-state index in [1.807, 2.05) is 42.2 Å². The van der Waals surface area contributed by atoms with Crippen LogP contribution < -0.4 is 0 Å². The number of aryl methyl sites for hydroxylation is 1. The minimum absolute atomic E-state index is 0. The summed E-state index contributed by atoms with van der Waals surface area (Å²) in [6.07, 6.45) is 4.04. The molecule has 0 aliphatic carbocycles. The average molecular weight is 394 g/mol. The van der Waals surface area contributed by atoms with Crippen molar-refractivity contribution in [3.63, 3.8) is 0 Å². The minimum atomic E-state index is 0. The second-order valence-electron chi connectivity index (χ2n) is 2.85. The Morgan fingerprint density at radius 3 is 2.21 bits per heavy atom. The zero-order valence-electron chi connectivity index (χ0n) is 7.65. The number of hydrogen-bond donors (Lipinski definition) is 0. The molecule has 0 spiro atoms. The standard InChI is InChI=1S/C10H10N2.Ag.HI/c1-11-7-8-12(9-11)10-5-3-2-4-6-10;;/h2-8H,1H3;;1H. The third-order valence-electron chi connectivity index (χ3n) is 1.92. The minimum Gasteiger partial charge on any atom is -0.107 e. The van der Waals surface area contributed by atoms with Gasteiger partial charge in [0.1, 0.15) is 0 Å². The summed E-state index contributed by atoms with van der Waals surface area (Å²) in [4.78, 5) is 0. The molecule has 4 heteroatoms. The third-order valence-corrected chi connectivity index (χ3v) is 2.80. The number of benzene rings is 1. The maximum atomic E-state index is 3.53. The van der Waals surface area contributed by atoms with Gasteiger partial charge >= 0.3 is 88.8 Å². The van der Waals surface area contributed by atoms with Crippen molar-refractivity contribution in [3.05, 3.63) is 46.4 Å². The van der Waals surface area contributed by atoms with Gasteiger partial charge in [0.2, 0.25) is 0 Å². The zero-order valence-corrected chi connectivity index (χ0v) is 11.5. The zero-order chi connectivity index (χ0) is 9.26. The molecule has 2 rings (SSSR count). The topological polar surface area (TPSA) is 9.86 Å². The van der Waals surface area contributed by atoms with Crippen molar-refractivity contribution in [2.45, 2.75) is 0 Å². The maximum absolute atomic E-state index is 3.53. The summed E-state index contributed by atoms with van der Waals surface area (Å²) >= 11 is 3.53. The van der Waals surface area contributed by atoms with Crippen LogP contribution in [0.4, 0.5) is 0 Å². The Hall–Kier alpha value is -0.0997. The number of imidazole rings is 1. The molecule has 0 radical (unpaired) electrons. The van der Waals surface area contributed by atoms with Crippen LogP contribution in [0.5, 0.6) is 0 Å². The number of aromatic nitrogens is 2. The first-order valence-electron chi connectivity index (χ1n) is 4.03. The Labute approximate surface area is 112 Å². The molecule has 0 aliphatic rings. The van der Waals surface area contributed by atoms with Crippen molar-refractivity contribution in [1.82, 2.24) is 9.13 Å². The molecule has 0 unspecified atom stereocenters. The van der Waals surface area contributed by atoms with Gasteiger partial charge in [-0.1, -0.05) is 0 Å². The third kappa shape index (κ3) is 2.28. The van der Waals surface area contributed by atoms with Gasteiger partial charge in [-0.25, -0.2) is 0 Å². The normalized spacial score (nSPS) is 9.64. The van der Waals surface area contributed by atoms with Crippen LogP contribution in [0.3, 0.4) is 0 Å². The van der Waals surface area contributed by atoms with Crippen LogP contribution in [-0.2, 0) is 27.6 Å². The summed E-state index contributed by atoms with van der Waals surface area (Å²) in [6.45, 7) is 0. The molecule has 0 atom stereocenters. The molecule has 0 fully saturated rings. The SMILES string of the molecule is Cn1ccn(-c2ccccc2)[c]1=[Ag].I. The van der Waals surface area contributed by atoms with Crippen molar-refractivity contribution in [1.29, 1.82) is 0 Å². The van der Waals surface area contributed by atoms with E-state index in [0.29, 0.717) is 0 Å². The van der Waals surface area contributed by atoms with Crippen molar-refractivity contribution >= 4 is 24.0 Å². The number of para-hydroxylation sites is 1. The molecule has 0 N–H and O–H groups in total. The van der Waals surface area contributed by atoms with E-state index in [4.69, 9.17) is 0 Å². The molecular weight excluding hydrogens is 383 g/mol. The molecule has 2 nitrogen and oxygen atoms in total. The van der Waals surface area contributed by atoms with E-state index in [9.17, 15) is 0 Å². The summed E-state index contributed by atoms with van der Waals surface area (Å²) in [6, 6.07) is 10.2. The van der Waals surface area contributed by atoms with Gasteiger partial charge in [0.05, 0.1) is 0 Å². The largest absolute Gasteiger partial charge is 0.107 e. The average Bonchev–Trinajstić information content (AvgIpc) is 2.49. The van der Waals surface area contributed by atoms with Gasteiger partial charge in [0.15, 0.2) is 0 Å². The number of hydrogen-bond acceptors (Lipinski definition) is 0. The van der Waals surface area contributed by atoms with Crippen LogP contribution in [0.25, 0.3) is 5.69 Å². The molecule has 14 heavy (non-hydrogen) atoms. The second kappa shape index (κ2) is 5.11. The van der Waals surface area contributed by atoms with Crippen molar-refractivity contribution in [2.75, 3.05) is 0 Å². The molecule has 2 aromatic rings. The molecule has 79 valence electrons. The van der Waals surface area contributed by atoms with Gasteiger partial charge in [0.25, 0.3) is 0 Å². The van der Waals surface area contributed by atoms with E-state index in [2.05, 4.69) is 37.3 Å². The van der Waals surface area contributed by atoms with Crippen LogP contribution in [0, 0.1) is 3.63 Å². The first-order chi connectivity index (χ1) is 6.29. The van der Waals surface area contributed by atoms with E-state index in [1.54, 1.807) is 0 Å². The van der Waals surface area contributed by atoms with Crippen LogP contribution in [0.15, 0.2) is 42.7 Å². The predicted molar refractivity (Wildman–Crippen MR) is 63.4 cm³/mol. The van der Waals surface area contributed by atoms with Crippen LogP contribution >= 0.6 is 24.0 Å². The molecule has 0 saturated carbocycles. The van der Waals surface area contributed by atoms with Crippen LogP contribution in [0.2, 0.25) is 0 Å². The molecule has 0 aliphatic heterocycles. The van der Waals surface area contributed by atoms with Crippen LogP contribution in [0.1, 0.15) is 0 Å². The molecule has 0 saturated heterocycles. The van der Waals surface area contributed by atoms with Crippen molar-refractivity contribution in [3.8, 4) is 5.69 Å². The van der Waals surface area contributed by atoms with E-state index in [1.165, 1.54) is 0 Å². The molecule has 0 amide bonds. The Morgan fingerprint density at radius 2 is 1.71 bits per heavy atom. The molecule has 1 aromatic carbocycles. The number of halogens is 1. The van der Waals surface area contributed by atoms with Gasteiger partial charge in [-0.3, -0.25) is 0 Å². The summed E-state index contributed by atoms with van der Waals surface area (Å²) in [5.41, 5.74) is 1.16. The summed E-state index contributed by atoms with van der Waals surface area (Å²) in [5.74, 6) is 0. The van der Waals surface area contributed by atoms with Gasteiger partial charge in [-0.15, -0.1) is 24.0 Å². The number of nitrogens with zero attached hydrogens (tertiary/aromatic N) is 2. The fraction of sp³-hybridized carbons (Fsp3) is 0.100. The molecule has 1 aromatic heterocycles. The Kier molecular flexibility index (Phi) is 4.37. The van der Waals surface area contributed by atoms with Crippen LogP contribution in [-0.4, -0.2) is 9.13 Å². The maximum Gasteiger partial charge on any atom is -0.107 e. The molecule has 0 bridgehead atoms. The van der Waals surface area contributed by atoms with Gasteiger partial charge in [-0.05, 0) is 0 Å². The van der Waals surface area contributed by atoms with Crippen molar-refractivity contribution in [2.24, 2.45) is 7.05 Å². The Balaban J connectivity index is 0.000000980. The van der Waals surface area contributed by atoms with Crippen molar-refractivity contribution < 1.29 is 20.6 Å². The second-order valence-corrected chi connectivity index (χ2v) is 3.51. The Bertz CT molecular complexity index is 458. The summed E-state index contributed by atoms with van der Waals surface area (Å²) < 4.78 is 5.14. The fourth-order valence-electron chi connectivity index (χ4n) is 1.22. The molecule has 1 heterocycles. The summed E-state index contributed by atoms with van der Waals surface area (Å²) in [7, 11) is 2.00. The van der Waals surface area contributed by atoms with Gasteiger partial charge < -0.3 is 0 Å². The smallest absolute Gasteiger partial charge is 0.107 e. The first-order valence-corrected chi connectivity index (χ1v) is 4.77. The van der Waals surface area contributed by atoms with E-state index in [0.717, 1.165) is 9.32 Å². The van der Waals surface area contributed by atoms with Gasteiger partial charge in [0, 0.05) is 0 Å². The quantitative estimate of drug-likeness (QED) is 0.520. The number of rotatable bonds is 1. The van der Waals surface area contributed by atoms with Gasteiger partial charge in [-0.2, -0.15) is 0 Å². The molecular formula is C10H11AgIN2. The van der Waals surface area contributed by atoms with E-state index < -0.39 is 0 Å². The Morgan fingerprint density at radius 1 is 1.07 bits per heavy atom. The first kappa shape index (κ1) is 12.0. The van der Waals surface area contributed by atoms with E-state index >= 15 is 0 Å². The van der Waals surface area contributed by atoms with E-state index in [-0.39, 0.29) is 24.0 Å².